The largest absolute Gasteiger partial charge is 0.495 e. The van der Waals surface area contributed by atoms with Crippen LogP contribution in [0.2, 0.25) is 0 Å². The molecule has 0 aliphatic carbocycles. The number of methoxy groups -OCH3 is 1. The first-order valence-corrected chi connectivity index (χ1v) is 6.85. The van der Waals surface area contributed by atoms with E-state index in [2.05, 4.69) is 31.8 Å². The molecule has 6 heteroatoms. The van der Waals surface area contributed by atoms with Crippen LogP contribution in [0.5, 0.6) is 5.75 Å². The maximum atomic E-state index is 9.08. The summed E-state index contributed by atoms with van der Waals surface area (Å²) >= 11 is 0. The molecule has 116 valence electrons. The number of nitrogens with zero attached hydrogens (tertiary/aromatic N) is 4. The van der Waals surface area contributed by atoms with Crippen molar-refractivity contribution in [2.24, 2.45) is 16.1 Å². The first-order valence-electron chi connectivity index (χ1n) is 6.85. The summed E-state index contributed by atoms with van der Waals surface area (Å²) in [4.78, 5) is 5.42. The maximum Gasteiger partial charge on any atom is 0.212 e. The van der Waals surface area contributed by atoms with E-state index in [0.717, 1.165) is 5.69 Å². The molecule has 0 saturated carbocycles. The number of hydrogen-bond acceptors (Lipinski definition) is 4. The van der Waals surface area contributed by atoms with Crippen LogP contribution in [0.4, 0.5) is 5.69 Å². The van der Waals surface area contributed by atoms with E-state index in [1.807, 2.05) is 6.92 Å². The molecule has 6 nitrogen and oxygen atoms in total. The van der Waals surface area contributed by atoms with Crippen LogP contribution in [-0.2, 0) is 0 Å². The molecule has 1 aromatic carbocycles. The van der Waals surface area contributed by atoms with Gasteiger partial charge in [0.2, 0.25) is 12.2 Å². The number of guanidine groups is 1. The third kappa shape index (κ3) is 3.67. The van der Waals surface area contributed by atoms with Crippen LogP contribution in [0, 0.1) is 28.2 Å². The zero-order valence-electron chi connectivity index (χ0n) is 13.6. The Labute approximate surface area is 131 Å². The number of hydrogen-bond donors (Lipinski definition) is 1. The zero-order valence-corrected chi connectivity index (χ0v) is 13.6. The van der Waals surface area contributed by atoms with Crippen molar-refractivity contribution >= 4 is 11.6 Å². The minimum absolute atomic E-state index is 0.0257. The number of rotatable bonds is 3. The van der Waals surface area contributed by atoms with Crippen molar-refractivity contribution in [2.75, 3.05) is 12.0 Å². The molecular formula is C16H21N5O. The summed E-state index contributed by atoms with van der Waals surface area (Å²) in [6.07, 6.45) is 1.71. The molecule has 22 heavy (non-hydrogen) atoms. The standard InChI is InChI=1S/C16H21N5O/c1-11(16(2,3)4)21(15(19)20-10-18)13-7-6-12(9-17)14(8-13)22-5/h6-8,11H,1-5H3,(H2,19,20). The van der Waals surface area contributed by atoms with E-state index in [-0.39, 0.29) is 17.4 Å². The maximum absolute atomic E-state index is 9.08. The molecule has 0 fully saturated rings. The van der Waals surface area contributed by atoms with Gasteiger partial charge in [-0.2, -0.15) is 10.5 Å². The van der Waals surface area contributed by atoms with E-state index in [0.29, 0.717) is 11.3 Å². The van der Waals surface area contributed by atoms with Gasteiger partial charge in [-0.1, -0.05) is 20.8 Å². The Hall–Kier alpha value is -2.73. The predicted molar refractivity (Wildman–Crippen MR) is 86.3 cm³/mol. The number of aliphatic imine (C=N–C) groups is 1. The number of nitriles is 2. The highest BCUT2D eigenvalue weighted by molar-refractivity contribution is 5.96. The van der Waals surface area contributed by atoms with Crippen LogP contribution in [0.1, 0.15) is 33.3 Å². The van der Waals surface area contributed by atoms with Crippen molar-refractivity contribution < 1.29 is 4.74 Å². The number of benzene rings is 1. The fourth-order valence-corrected chi connectivity index (χ4v) is 1.97. The average molecular weight is 299 g/mol. The predicted octanol–water partition coefficient (Wildman–Crippen LogP) is 2.60. The van der Waals surface area contributed by atoms with E-state index >= 15 is 0 Å². The van der Waals surface area contributed by atoms with Crippen LogP contribution in [-0.4, -0.2) is 19.1 Å². The van der Waals surface area contributed by atoms with Gasteiger partial charge in [0.1, 0.15) is 11.8 Å². The smallest absolute Gasteiger partial charge is 0.212 e. The minimum atomic E-state index is -0.100. The van der Waals surface area contributed by atoms with Crippen LogP contribution < -0.4 is 15.4 Å². The van der Waals surface area contributed by atoms with Gasteiger partial charge in [0, 0.05) is 17.8 Å². The molecule has 0 aliphatic rings. The van der Waals surface area contributed by atoms with Gasteiger partial charge in [-0.25, -0.2) is 0 Å². The van der Waals surface area contributed by atoms with Gasteiger partial charge in [-0.15, -0.1) is 4.99 Å². The Morgan fingerprint density at radius 3 is 2.45 bits per heavy atom. The van der Waals surface area contributed by atoms with Gasteiger partial charge < -0.3 is 15.4 Å². The third-order valence-corrected chi connectivity index (χ3v) is 3.64. The van der Waals surface area contributed by atoms with Crippen molar-refractivity contribution in [3.8, 4) is 18.0 Å². The van der Waals surface area contributed by atoms with Gasteiger partial charge in [-0.05, 0) is 24.5 Å². The lowest BCUT2D eigenvalue weighted by Crippen LogP contribution is -2.49. The van der Waals surface area contributed by atoms with Crippen LogP contribution in [0.15, 0.2) is 23.2 Å². The van der Waals surface area contributed by atoms with Crippen molar-refractivity contribution in [2.45, 2.75) is 33.7 Å². The number of nitrogens with two attached hydrogens (primary N) is 1. The summed E-state index contributed by atoms with van der Waals surface area (Å²) in [5.41, 5.74) is 7.02. The molecule has 1 rings (SSSR count). The Kier molecular flexibility index (Phi) is 5.37. The quantitative estimate of drug-likeness (QED) is 0.525. The highest BCUT2D eigenvalue weighted by Crippen LogP contribution is 2.31. The van der Waals surface area contributed by atoms with Crippen LogP contribution in [0.3, 0.4) is 0 Å². The van der Waals surface area contributed by atoms with Crippen LogP contribution >= 0.6 is 0 Å². The third-order valence-electron chi connectivity index (χ3n) is 3.64. The Morgan fingerprint density at radius 2 is 2.00 bits per heavy atom. The second-order valence-corrected chi connectivity index (χ2v) is 5.98. The lowest BCUT2D eigenvalue weighted by molar-refractivity contribution is 0.339. The molecule has 1 atom stereocenters. The van der Waals surface area contributed by atoms with Crippen molar-refractivity contribution in [1.82, 2.24) is 0 Å². The Bertz CT molecular complexity index is 646. The summed E-state index contributed by atoms with van der Waals surface area (Å²) < 4.78 is 5.24. The molecule has 1 unspecified atom stereocenters. The second kappa shape index (κ2) is 6.82. The second-order valence-electron chi connectivity index (χ2n) is 5.98. The lowest BCUT2D eigenvalue weighted by atomic mass is 9.86. The topological polar surface area (TPSA) is 98.4 Å². The molecule has 1 aromatic rings. The molecule has 0 amide bonds. The van der Waals surface area contributed by atoms with Crippen molar-refractivity contribution in [1.29, 1.82) is 10.5 Å². The number of ether oxygens (including phenoxy) is 1. The van der Waals surface area contributed by atoms with Crippen molar-refractivity contribution in [3.05, 3.63) is 23.8 Å². The highest BCUT2D eigenvalue weighted by Gasteiger charge is 2.29. The van der Waals surface area contributed by atoms with Gasteiger partial charge in [0.15, 0.2) is 0 Å². The lowest BCUT2D eigenvalue weighted by Gasteiger charge is -2.38. The van der Waals surface area contributed by atoms with Crippen molar-refractivity contribution in [3.63, 3.8) is 0 Å². The van der Waals surface area contributed by atoms with E-state index in [1.54, 1.807) is 29.3 Å². The molecule has 0 aromatic heterocycles. The monoisotopic (exact) mass is 299 g/mol. The molecule has 0 aliphatic heterocycles. The summed E-state index contributed by atoms with van der Waals surface area (Å²) in [6.45, 7) is 8.23. The fraction of sp³-hybridized carbons (Fsp3) is 0.438. The van der Waals surface area contributed by atoms with Gasteiger partial charge in [-0.3, -0.25) is 0 Å². The zero-order chi connectivity index (χ0) is 16.9. The molecular weight excluding hydrogens is 278 g/mol. The van der Waals surface area contributed by atoms with Gasteiger partial charge in [0.05, 0.1) is 12.7 Å². The molecule has 0 heterocycles. The number of anilines is 1. The average Bonchev–Trinajstić information content (AvgIpc) is 2.46. The first-order chi connectivity index (χ1) is 10.3. The van der Waals surface area contributed by atoms with E-state index in [1.165, 1.54) is 7.11 Å². The minimum Gasteiger partial charge on any atom is -0.495 e. The SMILES string of the molecule is COc1cc(N(C(N)=NC#N)C(C)C(C)(C)C)ccc1C#N. The first kappa shape index (κ1) is 17.3. The van der Waals surface area contributed by atoms with E-state index in [9.17, 15) is 0 Å². The van der Waals surface area contributed by atoms with Gasteiger partial charge in [0.25, 0.3) is 0 Å². The van der Waals surface area contributed by atoms with Crippen LogP contribution in [0.25, 0.3) is 0 Å². The molecule has 2 N–H and O–H groups in total. The highest BCUT2D eigenvalue weighted by atomic mass is 16.5. The molecule has 0 radical (unpaired) electrons. The summed E-state index contributed by atoms with van der Waals surface area (Å²) in [7, 11) is 1.50. The normalized spacial score (nSPS) is 13.0. The summed E-state index contributed by atoms with van der Waals surface area (Å²) in [6, 6.07) is 7.20. The fourth-order valence-electron chi connectivity index (χ4n) is 1.97. The Morgan fingerprint density at radius 1 is 1.36 bits per heavy atom. The van der Waals surface area contributed by atoms with E-state index < -0.39 is 0 Å². The van der Waals surface area contributed by atoms with Gasteiger partial charge >= 0.3 is 0 Å². The molecule has 0 bridgehead atoms. The molecule has 0 spiro atoms. The summed E-state index contributed by atoms with van der Waals surface area (Å²) in [5.74, 6) is 0.563. The summed E-state index contributed by atoms with van der Waals surface area (Å²) in [5, 5.41) is 17.9. The van der Waals surface area contributed by atoms with E-state index in [4.69, 9.17) is 21.0 Å². The Balaban J connectivity index is 3.44. The molecule has 0 saturated heterocycles.